The summed E-state index contributed by atoms with van der Waals surface area (Å²) in [6, 6.07) is 18.0. The first kappa shape index (κ1) is 21.0. The third kappa shape index (κ3) is 6.73. The highest BCUT2D eigenvalue weighted by atomic mass is 79.9. The minimum absolute atomic E-state index is 0.171. The Labute approximate surface area is 184 Å². The lowest BCUT2D eigenvalue weighted by atomic mass is 10.1. The molecule has 28 heavy (non-hydrogen) atoms. The smallest absolute Gasteiger partial charge is 0.250 e. The quantitative estimate of drug-likeness (QED) is 0.265. The summed E-state index contributed by atoms with van der Waals surface area (Å²) in [5.41, 5.74) is 5.54. The number of aromatic nitrogens is 2. The summed E-state index contributed by atoms with van der Waals surface area (Å²) in [5, 5.41) is 12.5. The van der Waals surface area contributed by atoms with Crippen molar-refractivity contribution in [3.8, 4) is 0 Å². The van der Waals surface area contributed by atoms with Gasteiger partial charge in [0.1, 0.15) is 0 Å². The van der Waals surface area contributed by atoms with Crippen molar-refractivity contribution in [2.75, 3.05) is 5.75 Å². The minimum atomic E-state index is -0.171. The standard InChI is InChI=1S/C19H17BrN4OS3/c1-13(15-7-9-16(20)10-8-15)21-22-17(25)12-27-19-24-23-18(28-19)26-11-14-5-3-2-4-6-14/h2-10H,11-12H2,1H3,(H,22,25). The van der Waals surface area contributed by atoms with E-state index in [0.717, 1.165) is 30.2 Å². The Morgan fingerprint density at radius 1 is 1.07 bits per heavy atom. The topological polar surface area (TPSA) is 67.2 Å². The number of halogens is 1. The van der Waals surface area contributed by atoms with Crippen LogP contribution in [0, 0.1) is 0 Å². The maximum absolute atomic E-state index is 12.0. The van der Waals surface area contributed by atoms with E-state index in [1.165, 1.54) is 28.7 Å². The van der Waals surface area contributed by atoms with Crippen LogP contribution in [0.3, 0.4) is 0 Å². The van der Waals surface area contributed by atoms with E-state index in [2.05, 4.69) is 48.8 Å². The molecule has 3 rings (SSSR count). The minimum Gasteiger partial charge on any atom is -0.272 e. The maximum atomic E-state index is 12.0. The van der Waals surface area contributed by atoms with Crippen molar-refractivity contribution in [1.82, 2.24) is 15.6 Å². The summed E-state index contributed by atoms with van der Waals surface area (Å²) in [7, 11) is 0. The molecule has 0 spiro atoms. The molecule has 0 saturated carbocycles. The van der Waals surface area contributed by atoms with E-state index in [9.17, 15) is 4.79 Å². The molecule has 144 valence electrons. The fraction of sp³-hybridized carbons (Fsp3) is 0.158. The lowest BCUT2D eigenvalue weighted by Gasteiger charge is -2.02. The Hall–Kier alpha value is -1.68. The lowest BCUT2D eigenvalue weighted by molar-refractivity contribution is -0.118. The second-order valence-electron chi connectivity index (χ2n) is 5.64. The number of benzene rings is 2. The lowest BCUT2D eigenvalue weighted by Crippen LogP contribution is -2.21. The fourth-order valence-corrected chi connectivity index (χ4v) is 5.13. The second-order valence-corrected chi connectivity index (χ2v) is 9.97. The number of nitrogens with zero attached hydrogens (tertiary/aromatic N) is 3. The van der Waals surface area contributed by atoms with E-state index in [1.807, 2.05) is 49.4 Å². The van der Waals surface area contributed by atoms with E-state index in [1.54, 1.807) is 11.8 Å². The summed E-state index contributed by atoms with van der Waals surface area (Å²) in [4.78, 5) is 12.0. The van der Waals surface area contributed by atoms with Gasteiger partial charge in [-0.15, -0.1) is 10.2 Å². The second kappa shape index (κ2) is 10.8. The summed E-state index contributed by atoms with van der Waals surface area (Å²) >= 11 is 7.91. The SMILES string of the molecule is CC(=NNC(=O)CSc1nnc(SCc2ccccc2)s1)c1ccc(Br)cc1. The summed E-state index contributed by atoms with van der Waals surface area (Å²) in [6.45, 7) is 1.86. The van der Waals surface area contributed by atoms with Crippen LogP contribution in [0.5, 0.6) is 0 Å². The first-order valence-corrected chi connectivity index (χ1v) is 11.9. The van der Waals surface area contributed by atoms with E-state index < -0.39 is 0 Å². The van der Waals surface area contributed by atoms with Crippen molar-refractivity contribution in [2.45, 2.75) is 21.4 Å². The van der Waals surface area contributed by atoms with Gasteiger partial charge in [0.2, 0.25) is 0 Å². The largest absolute Gasteiger partial charge is 0.272 e. The van der Waals surface area contributed by atoms with Gasteiger partial charge in [-0.2, -0.15) is 5.10 Å². The molecule has 0 aliphatic heterocycles. The predicted octanol–water partition coefficient (Wildman–Crippen LogP) is 5.23. The van der Waals surface area contributed by atoms with Gasteiger partial charge < -0.3 is 0 Å². The van der Waals surface area contributed by atoms with Crippen LogP contribution in [0.25, 0.3) is 0 Å². The average molecular weight is 493 g/mol. The summed E-state index contributed by atoms with van der Waals surface area (Å²) in [6.07, 6.45) is 0. The number of carbonyl (C=O) groups is 1. The van der Waals surface area contributed by atoms with Gasteiger partial charge in [-0.05, 0) is 30.2 Å². The van der Waals surface area contributed by atoms with Gasteiger partial charge in [-0.3, -0.25) is 4.79 Å². The van der Waals surface area contributed by atoms with Gasteiger partial charge in [-0.25, -0.2) is 5.43 Å². The van der Waals surface area contributed by atoms with Crippen molar-refractivity contribution in [3.63, 3.8) is 0 Å². The molecule has 1 N–H and O–H groups in total. The van der Waals surface area contributed by atoms with Crippen molar-refractivity contribution in [1.29, 1.82) is 0 Å². The van der Waals surface area contributed by atoms with Gasteiger partial charge in [0, 0.05) is 10.2 Å². The molecule has 0 saturated heterocycles. The molecule has 0 radical (unpaired) electrons. The molecule has 0 atom stereocenters. The maximum Gasteiger partial charge on any atom is 0.250 e. The van der Waals surface area contributed by atoms with Gasteiger partial charge in [-0.1, -0.05) is 93.3 Å². The number of hydrazone groups is 1. The molecule has 0 aliphatic rings. The Morgan fingerprint density at radius 2 is 1.75 bits per heavy atom. The Morgan fingerprint density at radius 3 is 2.46 bits per heavy atom. The Kier molecular flexibility index (Phi) is 8.08. The van der Waals surface area contributed by atoms with E-state index in [0.29, 0.717) is 0 Å². The van der Waals surface area contributed by atoms with Gasteiger partial charge in [0.15, 0.2) is 8.68 Å². The molecular weight excluding hydrogens is 476 g/mol. The van der Waals surface area contributed by atoms with Gasteiger partial charge in [0.05, 0.1) is 11.5 Å². The van der Waals surface area contributed by atoms with Crippen LogP contribution < -0.4 is 5.43 Å². The number of nitrogens with one attached hydrogen (secondary N) is 1. The average Bonchev–Trinajstić information content (AvgIpc) is 3.18. The molecule has 0 fully saturated rings. The number of carbonyl (C=O) groups excluding carboxylic acids is 1. The molecule has 0 bridgehead atoms. The van der Waals surface area contributed by atoms with E-state index in [-0.39, 0.29) is 11.7 Å². The summed E-state index contributed by atoms with van der Waals surface area (Å²) in [5.74, 6) is 0.926. The van der Waals surface area contributed by atoms with Crippen LogP contribution in [0.4, 0.5) is 0 Å². The number of hydrogen-bond acceptors (Lipinski definition) is 7. The highest BCUT2D eigenvalue weighted by Gasteiger charge is 2.09. The van der Waals surface area contributed by atoms with Crippen LogP contribution in [0.2, 0.25) is 0 Å². The molecule has 3 aromatic rings. The first-order chi connectivity index (χ1) is 13.6. The molecule has 2 aromatic carbocycles. The number of thioether (sulfide) groups is 2. The number of hydrogen-bond donors (Lipinski definition) is 1. The number of rotatable bonds is 8. The third-order valence-corrected chi connectivity index (χ3v) is 7.32. The molecule has 1 aromatic heterocycles. The highest BCUT2D eigenvalue weighted by Crippen LogP contribution is 2.30. The predicted molar refractivity (Wildman–Crippen MR) is 121 cm³/mol. The zero-order valence-corrected chi connectivity index (χ0v) is 19.0. The number of amides is 1. The van der Waals surface area contributed by atoms with Crippen LogP contribution in [-0.2, 0) is 10.5 Å². The molecule has 1 amide bonds. The molecule has 5 nitrogen and oxygen atoms in total. The fourth-order valence-electron chi connectivity index (χ4n) is 2.09. The van der Waals surface area contributed by atoms with Crippen molar-refractivity contribution in [2.24, 2.45) is 5.10 Å². The van der Waals surface area contributed by atoms with E-state index in [4.69, 9.17) is 0 Å². The third-order valence-electron chi connectivity index (χ3n) is 3.53. The highest BCUT2D eigenvalue weighted by molar-refractivity contribution is 9.10. The molecule has 1 heterocycles. The Bertz CT molecular complexity index is 945. The van der Waals surface area contributed by atoms with Crippen molar-refractivity contribution < 1.29 is 4.79 Å². The normalized spacial score (nSPS) is 11.4. The molecule has 0 aliphatic carbocycles. The van der Waals surface area contributed by atoms with Gasteiger partial charge in [0.25, 0.3) is 5.91 Å². The van der Waals surface area contributed by atoms with Crippen LogP contribution in [-0.4, -0.2) is 27.6 Å². The zero-order chi connectivity index (χ0) is 19.8. The zero-order valence-electron chi connectivity index (χ0n) is 15.0. The Balaban J connectivity index is 1.44. The first-order valence-electron chi connectivity index (χ1n) is 8.32. The monoisotopic (exact) mass is 492 g/mol. The molecular formula is C19H17BrN4OS3. The summed E-state index contributed by atoms with van der Waals surface area (Å²) < 4.78 is 2.68. The molecule has 9 heteroatoms. The van der Waals surface area contributed by atoms with Crippen LogP contribution >= 0.6 is 50.8 Å². The van der Waals surface area contributed by atoms with Crippen LogP contribution in [0.1, 0.15) is 18.1 Å². The van der Waals surface area contributed by atoms with Crippen molar-refractivity contribution in [3.05, 3.63) is 70.2 Å². The van der Waals surface area contributed by atoms with Gasteiger partial charge >= 0.3 is 0 Å². The molecule has 0 unspecified atom stereocenters. The van der Waals surface area contributed by atoms with Crippen LogP contribution in [0.15, 0.2) is 72.9 Å². The van der Waals surface area contributed by atoms with Crippen molar-refractivity contribution >= 4 is 62.4 Å². The van der Waals surface area contributed by atoms with E-state index >= 15 is 0 Å².